The number of nitrogens with one attached hydrogen (secondary N) is 1. The van der Waals surface area contributed by atoms with E-state index < -0.39 is 0 Å². The van der Waals surface area contributed by atoms with Crippen molar-refractivity contribution in [3.8, 4) is 0 Å². The number of thiazole rings is 1. The van der Waals surface area contributed by atoms with E-state index in [2.05, 4.69) is 45.3 Å². The molecule has 2 atom stereocenters. The maximum atomic E-state index is 5.87. The Hall–Kier alpha value is -0.450. The fraction of sp³-hybridized carbons (Fsp3) is 0.786. The summed E-state index contributed by atoms with van der Waals surface area (Å²) in [4.78, 5) is 4.75. The van der Waals surface area contributed by atoms with Gasteiger partial charge in [0.05, 0.1) is 5.69 Å². The largest absolute Gasteiger partial charge is 0.371 e. The summed E-state index contributed by atoms with van der Waals surface area (Å²) in [5.74, 6) is 0. The lowest BCUT2D eigenvalue weighted by Crippen LogP contribution is -2.22. The quantitative estimate of drug-likeness (QED) is 0.850. The molecule has 1 aromatic rings. The van der Waals surface area contributed by atoms with Crippen molar-refractivity contribution in [2.75, 3.05) is 13.2 Å². The smallest absolute Gasteiger partial charge is 0.122 e. The van der Waals surface area contributed by atoms with Gasteiger partial charge in [-0.05, 0) is 25.8 Å². The fourth-order valence-electron chi connectivity index (χ4n) is 1.89. The van der Waals surface area contributed by atoms with E-state index in [1.165, 1.54) is 0 Å². The van der Waals surface area contributed by atoms with Crippen molar-refractivity contribution < 1.29 is 4.74 Å². The van der Waals surface area contributed by atoms with Crippen LogP contribution in [0.15, 0.2) is 5.38 Å². The van der Waals surface area contributed by atoms with Crippen LogP contribution in [0.5, 0.6) is 0 Å². The molecule has 0 aliphatic carbocycles. The van der Waals surface area contributed by atoms with Crippen molar-refractivity contribution in [1.82, 2.24) is 10.3 Å². The molecule has 0 fully saturated rings. The van der Waals surface area contributed by atoms with Crippen LogP contribution in [0.1, 0.15) is 64.4 Å². The summed E-state index contributed by atoms with van der Waals surface area (Å²) in [5.41, 5.74) is 1.19. The summed E-state index contributed by atoms with van der Waals surface area (Å²) in [6.07, 6.45) is 0.0788. The van der Waals surface area contributed by atoms with Gasteiger partial charge in [-0.25, -0.2) is 4.98 Å². The first-order valence-electron chi connectivity index (χ1n) is 6.70. The molecule has 0 saturated carbocycles. The van der Waals surface area contributed by atoms with Gasteiger partial charge < -0.3 is 10.1 Å². The molecule has 0 bridgehead atoms. The SMILES string of the molecule is CCNC(C)c1csc(C(OCC)C(C)(C)C)n1. The Bertz CT molecular complexity index is 357. The van der Waals surface area contributed by atoms with Gasteiger partial charge in [-0.3, -0.25) is 0 Å². The number of aromatic nitrogens is 1. The molecule has 0 aromatic carbocycles. The third-order valence-corrected chi connectivity index (χ3v) is 3.74. The minimum absolute atomic E-state index is 0.0759. The van der Waals surface area contributed by atoms with Crippen LogP contribution in [-0.4, -0.2) is 18.1 Å². The minimum atomic E-state index is 0.0759. The van der Waals surface area contributed by atoms with E-state index in [-0.39, 0.29) is 11.5 Å². The van der Waals surface area contributed by atoms with Crippen LogP contribution >= 0.6 is 11.3 Å². The van der Waals surface area contributed by atoms with Crippen molar-refractivity contribution in [3.05, 3.63) is 16.1 Å². The van der Waals surface area contributed by atoms with E-state index in [4.69, 9.17) is 9.72 Å². The summed E-state index contributed by atoms with van der Waals surface area (Å²) in [6, 6.07) is 0.308. The molecule has 1 rings (SSSR count). The fourth-order valence-corrected chi connectivity index (χ4v) is 3.09. The Morgan fingerprint density at radius 2 is 2.06 bits per heavy atom. The first-order chi connectivity index (χ1) is 8.40. The highest BCUT2D eigenvalue weighted by molar-refractivity contribution is 7.09. The number of hydrogen-bond acceptors (Lipinski definition) is 4. The zero-order chi connectivity index (χ0) is 13.8. The molecule has 0 amide bonds. The molecule has 18 heavy (non-hydrogen) atoms. The van der Waals surface area contributed by atoms with Gasteiger partial charge in [0.25, 0.3) is 0 Å². The van der Waals surface area contributed by atoms with Gasteiger partial charge in [0.2, 0.25) is 0 Å². The number of ether oxygens (including phenoxy) is 1. The molecule has 1 aromatic heterocycles. The van der Waals surface area contributed by atoms with Gasteiger partial charge in [0.15, 0.2) is 0 Å². The molecule has 1 N–H and O–H groups in total. The number of nitrogens with zero attached hydrogens (tertiary/aromatic N) is 1. The standard InChI is InChI=1S/C14H26N2OS/c1-7-15-10(3)11-9-18-13(16-11)12(17-8-2)14(4,5)6/h9-10,12,15H,7-8H2,1-6H3. The average Bonchev–Trinajstić information content (AvgIpc) is 2.73. The van der Waals surface area contributed by atoms with Crippen molar-refractivity contribution in [2.24, 2.45) is 5.41 Å². The number of hydrogen-bond donors (Lipinski definition) is 1. The van der Waals surface area contributed by atoms with Gasteiger partial charge in [0.1, 0.15) is 11.1 Å². The molecule has 0 radical (unpaired) electrons. The molecule has 0 saturated heterocycles. The van der Waals surface area contributed by atoms with E-state index in [9.17, 15) is 0 Å². The highest BCUT2D eigenvalue weighted by Gasteiger charge is 2.29. The first kappa shape index (κ1) is 15.6. The molecular formula is C14H26N2OS. The molecule has 2 unspecified atom stereocenters. The van der Waals surface area contributed by atoms with Gasteiger partial charge in [-0.15, -0.1) is 11.3 Å². The number of rotatable bonds is 6. The Kier molecular flexibility index (Phi) is 5.76. The molecule has 0 spiro atoms. The second-order valence-electron chi connectivity index (χ2n) is 5.59. The predicted octanol–water partition coefficient (Wildman–Crippen LogP) is 3.94. The zero-order valence-corrected chi connectivity index (χ0v) is 13.2. The van der Waals surface area contributed by atoms with Crippen LogP contribution in [-0.2, 0) is 4.74 Å². The molecule has 0 aliphatic rings. The van der Waals surface area contributed by atoms with Crippen LogP contribution in [0, 0.1) is 5.41 Å². The zero-order valence-electron chi connectivity index (χ0n) is 12.4. The molecule has 1 heterocycles. The lowest BCUT2D eigenvalue weighted by molar-refractivity contribution is -0.0134. The van der Waals surface area contributed by atoms with Crippen LogP contribution in [0.25, 0.3) is 0 Å². The maximum absolute atomic E-state index is 5.87. The normalized spacial score (nSPS) is 15.7. The third kappa shape index (κ3) is 4.04. The molecule has 104 valence electrons. The second kappa shape index (κ2) is 6.64. The summed E-state index contributed by atoms with van der Waals surface area (Å²) < 4.78 is 5.87. The van der Waals surface area contributed by atoms with Crippen LogP contribution in [0.3, 0.4) is 0 Å². The topological polar surface area (TPSA) is 34.1 Å². The Labute approximate surface area is 115 Å². The predicted molar refractivity (Wildman–Crippen MR) is 78.0 cm³/mol. The van der Waals surface area contributed by atoms with E-state index in [1.807, 2.05) is 6.92 Å². The van der Waals surface area contributed by atoms with Crippen molar-refractivity contribution >= 4 is 11.3 Å². The van der Waals surface area contributed by atoms with E-state index in [1.54, 1.807) is 11.3 Å². The molecular weight excluding hydrogens is 244 g/mol. The highest BCUT2D eigenvalue weighted by Crippen LogP contribution is 2.37. The second-order valence-corrected chi connectivity index (χ2v) is 6.48. The van der Waals surface area contributed by atoms with Gasteiger partial charge >= 0.3 is 0 Å². The maximum Gasteiger partial charge on any atom is 0.122 e. The average molecular weight is 270 g/mol. The van der Waals surface area contributed by atoms with E-state index in [0.717, 1.165) is 23.9 Å². The van der Waals surface area contributed by atoms with Crippen LogP contribution < -0.4 is 5.32 Å². The summed E-state index contributed by atoms with van der Waals surface area (Å²) >= 11 is 1.70. The molecule has 4 heteroatoms. The van der Waals surface area contributed by atoms with E-state index in [0.29, 0.717) is 6.04 Å². The van der Waals surface area contributed by atoms with Gasteiger partial charge in [-0.1, -0.05) is 27.7 Å². The van der Waals surface area contributed by atoms with Crippen LogP contribution in [0.2, 0.25) is 0 Å². The Morgan fingerprint density at radius 3 is 2.56 bits per heavy atom. The highest BCUT2D eigenvalue weighted by atomic mass is 32.1. The lowest BCUT2D eigenvalue weighted by atomic mass is 9.89. The van der Waals surface area contributed by atoms with Gasteiger partial charge in [-0.2, -0.15) is 0 Å². The van der Waals surface area contributed by atoms with Crippen molar-refractivity contribution in [3.63, 3.8) is 0 Å². The summed E-state index contributed by atoms with van der Waals surface area (Å²) in [6.45, 7) is 14.6. The summed E-state index contributed by atoms with van der Waals surface area (Å²) in [7, 11) is 0. The Balaban J connectivity index is 2.87. The third-order valence-electron chi connectivity index (χ3n) is 2.84. The van der Waals surface area contributed by atoms with Gasteiger partial charge in [0, 0.05) is 18.0 Å². The lowest BCUT2D eigenvalue weighted by Gasteiger charge is -2.28. The van der Waals surface area contributed by atoms with E-state index >= 15 is 0 Å². The van der Waals surface area contributed by atoms with Crippen molar-refractivity contribution in [2.45, 2.75) is 53.7 Å². The van der Waals surface area contributed by atoms with Crippen LogP contribution in [0.4, 0.5) is 0 Å². The monoisotopic (exact) mass is 270 g/mol. The Morgan fingerprint density at radius 1 is 1.39 bits per heavy atom. The van der Waals surface area contributed by atoms with Crippen molar-refractivity contribution in [1.29, 1.82) is 0 Å². The minimum Gasteiger partial charge on any atom is -0.371 e. The first-order valence-corrected chi connectivity index (χ1v) is 7.58. The summed E-state index contributed by atoms with van der Waals surface area (Å²) in [5, 5.41) is 6.61. The molecule has 3 nitrogen and oxygen atoms in total. The molecule has 0 aliphatic heterocycles.